The standard InChI is InChI=1S/C23H26N4O4S/c1-2-16-31-23(28)17-11-13-18(14-12-17)32(29,30)26-20-9-6-5-8-19(20)22-25-24-21-10-4-3-7-15-27(21)22/h5-6,8-9,11-14,26H,2-4,7,10,15-16H2,1H3. The Morgan fingerprint density at radius 2 is 1.84 bits per heavy atom. The molecule has 0 amide bonds. The fraction of sp³-hybridized carbons (Fsp3) is 0.348. The minimum absolute atomic E-state index is 0.0550. The lowest BCUT2D eigenvalue weighted by atomic mass is 10.1. The number of nitrogens with one attached hydrogen (secondary N) is 1. The highest BCUT2D eigenvalue weighted by molar-refractivity contribution is 7.92. The average molecular weight is 455 g/mol. The van der Waals surface area contributed by atoms with Crippen molar-refractivity contribution in [3.05, 3.63) is 59.9 Å². The number of hydrogen-bond acceptors (Lipinski definition) is 6. The molecule has 1 aromatic heterocycles. The molecule has 0 spiro atoms. The molecule has 0 saturated carbocycles. The maximum Gasteiger partial charge on any atom is 0.338 e. The third kappa shape index (κ3) is 4.67. The number of nitrogens with zero attached hydrogens (tertiary/aromatic N) is 3. The molecule has 0 radical (unpaired) electrons. The monoisotopic (exact) mass is 454 g/mol. The summed E-state index contributed by atoms with van der Waals surface area (Å²) in [7, 11) is -3.87. The predicted octanol–water partition coefficient (Wildman–Crippen LogP) is 4.04. The molecule has 168 valence electrons. The molecule has 1 N–H and O–H groups in total. The summed E-state index contributed by atoms with van der Waals surface area (Å²) in [5, 5.41) is 8.68. The fourth-order valence-electron chi connectivity index (χ4n) is 3.70. The molecule has 1 aliphatic rings. The van der Waals surface area contributed by atoms with Crippen LogP contribution in [0.2, 0.25) is 0 Å². The first-order chi connectivity index (χ1) is 15.5. The normalized spacial score (nSPS) is 13.8. The van der Waals surface area contributed by atoms with Crippen LogP contribution in [0.5, 0.6) is 0 Å². The second-order valence-electron chi connectivity index (χ2n) is 7.71. The Bertz CT molecular complexity index is 1200. The summed E-state index contributed by atoms with van der Waals surface area (Å²) in [4.78, 5) is 12.0. The minimum atomic E-state index is -3.87. The second kappa shape index (κ2) is 9.52. The lowest BCUT2D eigenvalue weighted by molar-refractivity contribution is 0.0505. The van der Waals surface area contributed by atoms with Gasteiger partial charge in [-0.3, -0.25) is 4.72 Å². The van der Waals surface area contributed by atoms with Crippen molar-refractivity contribution < 1.29 is 17.9 Å². The quantitative estimate of drug-likeness (QED) is 0.541. The molecule has 2 aromatic carbocycles. The van der Waals surface area contributed by atoms with Crippen LogP contribution < -0.4 is 4.72 Å². The first-order valence-corrected chi connectivity index (χ1v) is 12.3. The fourth-order valence-corrected chi connectivity index (χ4v) is 4.78. The van der Waals surface area contributed by atoms with Gasteiger partial charge >= 0.3 is 5.97 Å². The molecule has 0 fully saturated rings. The average Bonchev–Trinajstić information content (AvgIpc) is 3.05. The van der Waals surface area contributed by atoms with E-state index in [0.717, 1.165) is 44.5 Å². The second-order valence-corrected chi connectivity index (χ2v) is 9.40. The van der Waals surface area contributed by atoms with Gasteiger partial charge in [0.1, 0.15) is 5.82 Å². The van der Waals surface area contributed by atoms with E-state index in [-0.39, 0.29) is 4.90 Å². The number of ether oxygens (including phenoxy) is 1. The van der Waals surface area contributed by atoms with Crippen molar-refractivity contribution in [2.45, 2.75) is 50.5 Å². The number of fused-ring (bicyclic) bond motifs is 1. The summed E-state index contributed by atoms with van der Waals surface area (Å²) < 4.78 is 35.9. The molecule has 0 bridgehead atoms. The molecule has 0 unspecified atom stereocenters. The van der Waals surface area contributed by atoms with Crippen molar-refractivity contribution in [1.29, 1.82) is 0 Å². The zero-order valence-electron chi connectivity index (χ0n) is 18.0. The van der Waals surface area contributed by atoms with Crippen LogP contribution in [-0.2, 0) is 27.7 Å². The van der Waals surface area contributed by atoms with Crippen molar-refractivity contribution in [3.63, 3.8) is 0 Å². The first-order valence-electron chi connectivity index (χ1n) is 10.8. The van der Waals surface area contributed by atoms with E-state index >= 15 is 0 Å². The number of carbonyl (C=O) groups excluding carboxylic acids is 1. The Morgan fingerprint density at radius 3 is 2.62 bits per heavy atom. The van der Waals surface area contributed by atoms with E-state index in [4.69, 9.17) is 4.74 Å². The highest BCUT2D eigenvalue weighted by atomic mass is 32.2. The van der Waals surface area contributed by atoms with E-state index in [1.165, 1.54) is 24.3 Å². The summed E-state index contributed by atoms with van der Waals surface area (Å²) in [6.07, 6.45) is 4.84. The Labute approximate surface area is 187 Å². The molecule has 1 aliphatic heterocycles. The number of sulfonamides is 1. The number of para-hydroxylation sites is 1. The van der Waals surface area contributed by atoms with Gasteiger partial charge in [0.2, 0.25) is 0 Å². The van der Waals surface area contributed by atoms with E-state index < -0.39 is 16.0 Å². The van der Waals surface area contributed by atoms with Crippen molar-refractivity contribution in [1.82, 2.24) is 14.8 Å². The summed E-state index contributed by atoms with van der Waals surface area (Å²) in [6, 6.07) is 12.9. The van der Waals surface area contributed by atoms with Gasteiger partial charge in [-0.2, -0.15) is 0 Å². The number of anilines is 1. The molecule has 4 rings (SSSR count). The van der Waals surface area contributed by atoms with Gasteiger partial charge in [0.05, 0.1) is 22.8 Å². The van der Waals surface area contributed by atoms with Gasteiger partial charge < -0.3 is 9.30 Å². The van der Waals surface area contributed by atoms with Crippen molar-refractivity contribution in [3.8, 4) is 11.4 Å². The van der Waals surface area contributed by atoms with Crippen LogP contribution >= 0.6 is 0 Å². The summed E-state index contributed by atoms with van der Waals surface area (Å²) in [5.74, 6) is 1.12. The van der Waals surface area contributed by atoms with E-state index in [9.17, 15) is 13.2 Å². The molecule has 2 heterocycles. The van der Waals surface area contributed by atoms with E-state index in [1.54, 1.807) is 12.1 Å². The lowest BCUT2D eigenvalue weighted by Crippen LogP contribution is -2.15. The van der Waals surface area contributed by atoms with E-state index in [2.05, 4.69) is 19.5 Å². The summed E-state index contributed by atoms with van der Waals surface area (Å²) in [6.45, 7) is 3.04. The highest BCUT2D eigenvalue weighted by Gasteiger charge is 2.21. The third-order valence-electron chi connectivity index (χ3n) is 5.36. The van der Waals surface area contributed by atoms with Crippen LogP contribution in [-0.4, -0.2) is 35.8 Å². The van der Waals surface area contributed by atoms with Crippen molar-refractivity contribution >= 4 is 21.7 Å². The van der Waals surface area contributed by atoms with Crippen molar-refractivity contribution in [2.24, 2.45) is 0 Å². The molecule has 32 heavy (non-hydrogen) atoms. The zero-order valence-corrected chi connectivity index (χ0v) is 18.8. The van der Waals surface area contributed by atoms with Gasteiger partial charge in [-0.25, -0.2) is 13.2 Å². The summed E-state index contributed by atoms with van der Waals surface area (Å²) >= 11 is 0. The maximum atomic E-state index is 13.1. The Balaban J connectivity index is 1.60. The Hall–Kier alpha value is -3.20. The minimum Gasteiger partial charge on any atom is -0.462 e. The summed E-state index contributed by atoms with van der Waals surface area (Å²) in [5.41, 5.74) is 1.42. The van der Waals surface area contributed by atoms with Gasteiger partial charge in [-0.1, -0.05) is 25.5 Å². The molecule has 9 heteroatoms. The number of aromatic nitrogens is 3. The van der Waals surface area contributed by atoms with E-state index in [1.807, 2.05) is 19.1 Å². The van der Waals surface area contributed by atoms with Crippen molar-refractivity contribution in [2.75, 3.05) is 11.3 Å². The number of carbonyl (C=O) groups is 1. The number of rotatable bonds is 7. The first kappa shape index (κ1) is 22.0. The van der Waals surface area contributed by atoms with Crippen LogP contribution in [0.15, 0.2) is 53.4 Å². The molecule has 0 atom stereocenters. The van der Waals surface area contributed by atoms with Crippen LogP contribution in [0, 0.1) is 0 Å². The molecule has 0 saturated heterocycles. The van der Waals surface area contributed by atoms with Crippen LogP contribution in [0.3, 0.4) is 0 Å². The van der Waals surface area contributed by atoms with Crippen LogP contribution in [0.4, 0.5) is 5.69 Å². The molecular weight excluding hydrogens is 428 g/mol. The topological polar surface area (TPSA) is 103 Å². The molecule has 3 aromatic rings. The Morgan fingerprint density at radius 1 is 1.06 bits per heavy atom. The largest absolute Gasteiger partial charge is 0.462 e. The SMILES string of the molecule is CCCOC(=O)c1ccc(S(=O)(=O)Nc2ccccc2-c2nnc3n2CCCCC3)cc1. The third-order valence-corrected chi connectivity index (χ3v) is 6.74. The van der Waals surface area contributed by atoms with Crippen LogP contribution in [0.25, 0.3) is 11.4 Å². The number of aryl methyl sites for hydroxylation is 1. The van der Waals surface area contributed by atoms with Gasteiger partial charge in [0, 0.05) is 18.5 Å². The van der Waals surface area contributed by atoms with E-state index in [0.29, 0.717) is 29.2 Å². The molecule has 8 nitrogen and oxygen atoms in total. The van der Waals surface area contributed by atoms with Gasteiger partial charge in [-0.05, 0) is 55.7 Å². The number of esters is 1. The van der Waals surface area contributed by atoms with Gasteiger partial charge in [-0.15, -0.1) is 10.2 Å². The smallest absolute Gasteiger partial charge is 0.338 e. The maximum absolute atomic E-state index is 13.1. The Kier molecular flexibility index (Phi) is 6.55. The molecular formula is C23H26N4O4S. The number of benzene rings is 2. The number of hydrogen-bond donors (Lipinski definition) is 1. The van der Waals surface area contributed by atoms with Crippen LogP contribution in [0.1, 0.15) is 48.8 Å². The highest BCUT2D eigenvalue weighted by Crippen LogP contribution is 2.30. The molecule has 0 aliphatic carbocycles. The lowest BCUT2D eigenvalue weighted by Gasteiger charge is -2.14. The zero-order chi connectivity index (χ0) is 22.6. The predicted molar refractivity (Wildman–Crippen MR) is 121 cm³/mol. The van der Waals surface area contributed by atoms with Gasteiger partial charge in [0.15, 0.2) is 5.82 Å². The van der Waals surface area contributed by atoms with Gasteiger partial charge in [0.25, 0.3) is 10.0 Å².